The molecule has 0 atom stereocenters. The summed E-state index contributed by atoms with van der Waals surface area (Å²) in [5.74, 6) is 0.881. The normalized spacial score (nSPS) is 17.8. The molecule has 1 heterocycles. The molecule has 0 amide bonds. The minimum atomic E-state index is 0.641. The van der Waals surface area contributed by atoms with Crippen molar-refractivity contribution >= 4 is 5.71 Å². The zero-order valence-corrected chi connectivity index (χ0v) is 13.8. The van der Waals surface area contributed by atoms with Crippen molar-refractivity contribution in [3.63, 3.8) is 0 Å². The van der Waals surface area contributed by atoms with Crippen LogP contribution in [0.15, 0.2) is 29.4 Å². The third-order valence-electron chi connectivity index (χ3n) is 4.44. The fourth-order valence-electron chi connectivity index (χ4n) is 2.80. The van der Waals surface area contributed by atoms with Crippen molar-refractivity contribution in [2.45, 2.75) is 39.7 Å². The van der Waals surface area contributed by atoms with Crippen LogP contribution in [0.25, 0.3) is 0 Å². The molecular formula is C18H28N2O2. The second-order valence-corrected chi connectivity index (χ2v) is 6.17. The Balaban J connectivity index is 1.69. The minimum absolute atomic E-state index is 0.641. The Morgan fingerprint density at radius 3 is 2.55 bits per heavy atom. The molecule has 4 nitrogen and oxygen atoms in total. The van der Waals surface area contributed by atoms with E-state index in [0.29, 0.717) is 12.3 Å². The first-order valence-electron chi connectivity index (χ1n) is 8.33. The highest BCUT2D eigenvalue weighted by atomic mass is 16.5. The van der Waals surface area contributed by atoms with E-state index in [1.165, 1.54) is 25.9 Å². The summed E-state index contributed by atoms with van der Waals surface area (Å²) in [6.45, 7) is 9.19. The SMILES string of the molecule is CC/C(=N/O)c1ccc(COCCN2CCC(C)CC2)cc1. The number of rotatable bonds is 7. The molecular weight excluding hydrogens is 276 g/mol. The summed E-state index contributed by atoms with van der Waals surface area (Å²) >= 11 is 0. The molecule has 1 aromatic carbocycles. The maximum absolute atomic E-state index is 8.92. The molecule has 1 N–H and O–H groups in total. The predicted molar refractivity (Wildman–Crippen MR) is 89.6 cm³/mol. The fourth-order valence-corrected chi connectivity index (χ4v) is 2.80. The van der Waals surface area contributed by atoms with Crippen molar-refractivity contribution in [3.8, 4) is 0 Å². The standard InChI is InChI=1S/C18H28N2O2/c1-3-18(19-21)17-6-4-16(5-7-17)14-22-13-12-20-10-8-15(2)9-11-20/h4-7,15,21H,3,8-14H2,1-2H3/b19-18-. The molecule has 4 heteroatoms. The average molecular weight is 304 g/mol. The Labute approximate surface area is 133 Å². The van der Waals surface area contributed by atoms with Gasteiger partial charge < -0.3 is 14.8 Å². The number of nitrogens with zero attached hydrogens (tertiary/aromatic N) is 2. The van der Waals surface area contributed by atoms with E-state index in [1.807, 2.05) is 31.2 Å². The summed E-state index contributed by atoms with van der Waals surface area (Å²) in [4.78, 5) is 2.49. The van der Waals surface area contributed by atoms with Gasteiger partial charge in [-0.3, -0.25) is 0 Å². The molecule has 1 fully saturated rings. The molecule has 0 spiro atoms. The summed E-state index contributed by atoms with van der Waals surface area (Å²) < 4.78 is 5.78. The van der Waals surface area contributed by atoms with E-state index in [4.69, 9.17) is 9.94 Å². The zero-order chi connectivity index (χ0) is 15.8. The topological polar surface area (TPSA) is 45.1 Å². The van der Waals surface area contributed by atoms with E-state index in [0.717, 1.165) is 36.6 Å². The highest BCUT2D eigenvalue weighted by molar-refractivity contribution is 5.99. The Kier molecular flexibility index (Phi) is 6.87. The summed E-state index contributed by atoms with van der Waals surface area (Å²) in [7, 11) is 0. The zero-order valence-electron chi connectivity index (χ0n) is 13.8. The Morgan fingerprint density at radius 2 is 1.95 bits per heavy atom. The van der Waals surface area contributed by atoms with Crippen LogP contribution in [0.4, 0.5) is 0 Å². The quantitative estimate of drug-likeness (QED) is 0.363. The van der Waals surface area contributed by atoms with Gasteiger partial charge in [0.05, 0.1) is 18.9 Å². The number of ether oxygens (including phenoxy) is 1. The van der Waals surface area contributed by atoms with Gasteiger partial charge in [-0.05, 0) is 49.4 Å². The number of hydrogen-bond donors (Lipinski definition) is 1. The number of hydrogen-bond acceptors (Lipinski definition) is 4. The Hall–Kier alpha value is -1.39. The van der Waals surface area contributed by atoms with Crippen molar-refractivity contribution in [1.29, 1.82) is 0 Å². The first-order valence-corrected chi connectivity index (χ1v) is 8.33. The largest absolute Gasteiger partial charge is 0.411 e. The lowest BCUT2D eigenvalue weighted by atomic mass is 9.99. The lowest BCUT2D eigenvalue weighted by Gasteiger charge is -2.29. The first kappa shape index (κ1) is 17.0. The van der Waals surface area contributed by atoms with Gasteiger partial charge in [-0.25, -0.2) is 0 Å². The van der Waals surface area contributed by atoms with E-state index >= 15 is 0 Å². The van der Waals surface area contributed by atoms with Crippen LogP contribution in [0.2, 0.25) is 0 Å². The van der Waals surface area contributed by atoms with Crippen LogP contribution < -0.4 is 0 Å². The summed E-state index contributed by atoms with van der Waals surface area (Å²) in [5, 5.41) is 12.2. The van der Waals surface area contributed by atoms with Gasteiger partial charge in [0, 0.05) is 6.54 Å². The molecule has 0 radical (unpaired) electrons. The van der Waals surface area contributed by atoms with Gasteiger partial charge in [0.25, 0.3) is 0 Å². The van der Waals surface area contributed by atoms with Gasteiger partial charge in [0.1, 0.15) is 0 Å². The van der Waals surface area contributed by atoms with Crippen LogP contribution in [0.5, 0.6) is 0 Å². The number of oxime groups is 1. The van der Waals surface area contributed by atoms with Crippen LogP contribution in [0, 0.1) is 5.92 Å². The van der Waals surface area contributed by atoms with Gasteiger partial charge in [0.2, 0.25) is 0 Å². The lowest BCUT2D eigenvalue weighted by Crippen LogP contribution is -2.35. The third-order valence-corrected chi connectivity index (χ3v) is 4.44. The van der Waals surface area contributed by atoms with E-state index < -0.39 is 0 Å². The number of benzene rings is 1. The maximum atomic E-state index is 8.92. The van der Waals surface area contributed by atoms with Crippen LogP contribution >= 0.6 is 0 Å². The molecule has 0 aromatic heterocycles. The second kappa shape index (κ2) is 8.91. The van der Waals surface area contributed by atoms with Gasteiger partial charge in [0.15, 0.2) is 0 Å². The predicted octanol–water partition coefficient (Wildman–Crippen LogP) is 3.52. The third kappa shape index (κ3) is 5.11. The summed E-state index contributed by atoms with van der Waals surface area (Å²) in [6.07, 6.45) is 3.35. The van der Waals surface area contributed by atoms with Gasteiger partial charge >= 0.3 is 0 Å². The van der Waals surface area contributed by atoms with Crippen LogP contribution in [0.3, 0.4) is 0 Å². The lowest BCUT2D eigenvalue weighted by molar-refractivity contribution is 0.0807. The smallest absolute Gasteiger partial charge is 0.0865 e. The van der Waals surface area contributed by atoms with E-state index in [9.17, 15) is 0 Å². The van der Waals surface area contributed by atoms with Crippen molar-refractivity contribution in [1.82, 2.24) is 4.90 Å². The average Bonchev–Trinajstić information content (AvgIpc) is 2.56. The van der Waals surface area contributed by atoms with Gasteiger partial charge in [-0.1, -0.05) is 43.3 Å². The van der Waals surface area contributed by atoms with Gasteiger partial charge in [-0.2, -0.15) is 0 Å². The monoisotopic (exact) mass is 304 g/mol. The molecule has 1 saturated heterocycles. The van der Waals surface area contributed by atoms with Crippen molar-refractivity contribution in [3.05, 3.63) is 35.4 Å². The highest BCUT2D eigenvalue weighted by Gasteiger charge is 2.14. The molecule has 1 aliphatic heterocycles. The fraction of sp³-hybridized carbons (Fsp3) is 0.611. The van der Waals surface area contributed by atoms with E-state index in [2.05, 4.69) is 17.0 Å². The molecule has 1 aromatic rings. The van der Waals surface area contributed by atoms with Crippen molar-refractivity contribution < 1.29 is 9.94 Å². The molecule has 2 rings (SSSR count). The van der Waals surface area contributed by atoms with Crippen molar-refractivity contribution in [2.24, 2.45) is 11.1 Å². The van der Waals surface area contributed by atoms with E-state index in [1.54, 1.807) is 0 Å². The maximum Gasteiger partial charge on any atom is 0.0865 e. The number of piperidine rings is 1. The first-order chi connectivity index (χ1) is 10.7. The van der Waals surface area contributed by atoms with E-state index in [-0.39, 0.29) is 0 Å². The molecule has 0 aliphatic carbocycles. The van der Waals surface area contributed by atoms with Crippen LogP contribution in [0.1, 0.15) is 44.2 Å². The molecule has 1 aliphatic rings. The highest BCUT2D eigenvalue weighted by Crippen LogP contribution is 2.15. The summed E-state index contributed by atoms with van der Waals surface area (Å²) in [5.41, 5.74) is 2.84. The minimum Gasteiger partial charge on any atom is -0.411 e. The second-order valence-electron chi connectivity index (χ2n) is 6.17. The van der Waals surface area contributed by atoms with Crippen molar-refractivity contribution in [2.75, 3.05) is 26.2 Å². The molecule has 122 valence electrons. The molecule has 0 bridgehead atoms. The Morgan fingerprint density at radius 1 is 1.27 bits per heavy atom. The summed E-state index contributed by atoms with van der Waals surface area (Å²) in [6, 6.07) is 8.06. The Bertz CT molecular complexity index is 462. The molecule has 22 heavy (non-hydrogen) atoms. The van der Waals surface area contributed by atoms with Crippen LogP contribution in [-0.4, -0.2) is 42.1 Å². The van der Waals surface area contributed by atoms with Crippen LogP contribution in [-0.2, 0) is 11.3 Å². The molecule has 0 unspecified atom stereocenters. The van der Waals surface area contributed by atoms with Gasteiger partial charge in [-0.15, -0.1) is 0 Å². The molecule has 0 saturated carbocycles. The number of likely N-dealkylation sites (tertiary alicyclic amines) is 1.